The number of hydrogen-bond acceptors (Lipinski definition) is 5. The van der Waals surface area contributed by atoms with Crippen molar-refractivity contribution in [1.82, 2.24) is 0 Å². The average Bonchev–Trinajstić information content (AvgIpc) is 2.27. The second-order valence-corrected chi connectivity index (χ2v) is 2.87. The lowest BCUT2D eigenvalue weighted by Gasteiger charge is -1.97. The summed E-state index contributed by atoms with van der Waals surface area (Å²) in [5.74, 6) is -0.936. The standard InChI is InChI=1S/C7H4ClNO4.CHClO2/c8-13-7(10)5-3-1-2-4-6(5)9(11)12;2-1(3)4/h1-4H;(H,3,4). The van der Waals surface area contributed by atoms with E-state index >= 15 is 0 Å². The molecule has 0 saturated heterocycles. The maximum absolute atomic E-state index is 10.9. The van der Waals surface area contributed by atoms with Crippen molar-refractivity contribution in [1.29, 1.82) is 0 Å². The number of halogens is 2. The molecule has 1 rings (SSSR count). The van der Waals surface area contributed by atoms with Gasteiger partial charge in [0.25, 0.3) is 5.69 Å². The molecule has 1 N–H and O–H groups in total. The molecule has 0 fully saturated rings. The van der Waals surface area contributed by atoms with Gasteiger partial charge in [-0.2, -0.15) is 0 Å². The van der Waals surface area contributed by atoms with Crippen molar-refractivity contribution in [3.05, 3.63) is 39.9 Å². The number of carboxylic acid groups (broad SMARTS) is 1. The first-order chi connectivity index (χ1) is 7.90. The van der Waals surface area contributed by atoms with Gasteiger partial charge in [-0.15, -0.1) is 0 Å². The summed E-state index contributed by atoms with van der Waals surface area (Å²) in [5, 5.41) is 17.6. The van der Waals surface area contributed by atoms with Crippen LogP contribution in [-0.2, 0) is 4.29 Å². The first-order valence-electron chi connectivity index (χ1n) is 3.85. The zero-order valence-corrected chi connectivity index (χ0v) is 9.51. The molecule has 92 valence electrons. The van der Waals surface area contributed by atoms with Crippen LogP contribution in [0.5, 0.6) is 0 Å². The lowest BCUT2D eigenvalue weighted by molar-refractivity contribution is -0.385. The van der Waals surface area contributed by atoms with E-state index in [1.165, 1.54) is 24.3 Å². The van der Waals surface area contributed by atoms with Crippen molar-refractivity contribution < 1.29 is 23.9 Å². The molecular formula is C8H5Cl2NO6. The van der Waals surface area contributed by atoms with E-state index in [4.69, 9.17) is 21.8 Å². The van der Waals surface area contributed by atoms with E-state index in [0.29, 0.717) is 0 Å². The third-order valence-electron chi connectivity index (χ3n) is 1.39. The third-order valence-corrected chi connectivity index (χ3v) is 1.53. The molecule has 0 atom stereocenters. The second kappa shape index (κ2) is 7.42. The largest absolute Gasteiger partial charge is 0.469 e. The topological polar surface area (TPSA) is 107 Å². The van der Waals surface area contributed by atoms with Gasteiger partial charge in [0.15, 0.2) is 0 Å². The van der Waals surface area contributed by atoms with E-state index in [1.807, 2.05) is 0 Å². The molecule has 0 aliphatic rings. The molecule has 0 heterocycles. The fourth-order valence-corrected chi connectivity index (χ4v) is 0.930. The minimum absolute atomic E-state index is 0.164. The summed E-state index contributed by atoms with van der Waals surface area (Å²) in [4.78, 5) is 29.4. The van der Waals surface area contributed by atoms with Gasteiger partial charge in [-0.05, 0) is 6.07 Å². The van der Waals surface area contributed by atoms with Gasteiger partial charge in [0.1, 0.15) is 17.4 Å². The Bertz CT molecular complexity index is 432. The van der Waals surface area contributed by atoms with Crippen molar-refractivity contribution in [2.24, 2.45) is 0 Å². The number of benzene rings is 1. The van der Waals surface area contributed by atoms with Crippen LogP contribution in [0.25, 0.3) is 0 Å². The van der Waals surface area contributed by atoms with Crippen LogP contribution in [0.4, 0.5) is 10.5 Å². The summed E-state index contributed by atoms with van der Waals surface area (Å²) in [6.07, 6.45) is 0. The van der Waals surface area contributed by atoms with Crippen LogP contribution in [-0.4, -0.2) is 21.4 Å². The summed E-state index contributed by atoms with van der Waals surface area (Å²) in [6.45, 7) is 0. The van der Waals surface area contributed by atoms with Gasteiger partial charge in [0.05, 0.1) is 4.92 Å². The molecule has 0 amide bonds. The third kappa shape index (κ3) is 5.69. The Labute approximate surface area is 105 Å². The number of nitro benzene ring substituents is 1. The fraction of sp³-hybridized carbons (Fsp3) is 0. The molecule has 0 aliphatic carbocycles. The monoisotopic (exact) mass is 281 g/mol. The Morgan fingerprint density at radius 2 is 1.82 bits per heavy atom. The van der Waals surface area contributed by atoms with E-state index in [2.05, 4.69) is 15.9 Å². The van der Waals surface area contributed by atoms with Gasteiger partial charge >= 0.3 is 11.4 Å². The van der Waals surface area contributed by atoms with E-state index in [0.717, 1.165) is 0 Å². The highest BCUT2D eigenvalue weighted by Gasteiger charge is 2.19. The molecule has 0 radical (unpaired) electrons. The van der Waals surface area contributed by atoms with Crippen molar-refractivity contribution in [3.63, 3.8) is 0 Å². The Balaban J connectivity index is 0.000000557. The Morgan fingerprint density at radius 1 is 1.35 bits per heavy atom. The molecule has 17 heavy (non-hydrogen) atoms. The maximum atomic E-state index is 10.9. The van der Waals surface area contributed by atoms with E-state index in [1.54, 1.807) is 0 Å². The molecule has 0 spiro atoms. The predicted octanol–water partition coefficient (Wildman–Crippen LogP) is 2.81. The van der Waals surface area contributed by atoms with Gasteiger partial charge in [0.2, 0.25) is 0 Å². The highest BCUT2D eigenvalue weighted by Crippen LogP contribution is 2.18. The molecular weight excluding hydrogens is 277 g/mol. The second-order valence-electron chi connectivity index (χ2n) is 2.39. The van der Waals surface area contributed by atoms with Crippen LogP contribution < -0.4 is 0 Å². The van der Waals surface area contributed by atoms with Crippen LogP contribution in [0, 0.1) is 10.1 Å². The van der Waals surface area contributed by atoms with Gasteiger partial charge in [-0.25, -0.2) is 9.59 Å². The van der Waals surface area contributed by atoms with Crippen LogP contribution in [0.1, 0.15) is 10.4 Å². The first kappa shape index (κ1) is 15.1. The van der Waals surface area contributed by atoms with Crippen molar-refractivity contribution in [2.75, 3.05) is 0 Å². The number of carbonyl (C=O) groups is 2. The molecule has 0 bridgehead atoms. The molecule has 1 aromatic rings. The average molecular weight is 282 g/mol. The highest BCUT2D eigenvalue weighted by molar-refractivity contribution is 6.60. The van der Waals surface area contributed by atoms with Gasteiger partial charge < -0.3 is 9.40 Å². The molecule has 7 nitrogen and oxygen atoms in total. The number of para-hydroxylation sites is 1. The minimum Gasteiger partial charge on any atom is -0.469 e. The highest BCUT2D eigenvalue weighted by atomic mass is 35.5. The fourth-order valence-electron chi connectivity index (χ4n) is 0.847. The van der Waals surface area contributed by atoms with Crippen LogP contribution in [0.15, 0.2) is 24.3 Å². The summed E-state index contributed by atoms with van der Waals surface area (Å²) in [5.41, 5.74) is -1.85. The van der Waals surface area contributed by atoms with Crippen molar-refractivity contribution >= 4 is 40.6 Å². The Hall–Kier alpha value is -1.86. The minimum atomic E-state index is -1.36. The zero-order valence-electron chi connectivity index (χ0n) is 8.00. The SMILES string of the molecule is O=C(O)Cl.O=C(OCl)c1ccccc1[N+](=O)[O-]. The molecule has 0 aromatic heterocycles. The quantitative estimate of drug-likeness (QED) is 0.507. The number of hydrogen-bond donors (Lipinski definition) is 1. The smallest absolute Gasteiger partial charge is 0.401 e. The molecule has 1 aromatic carbocycles. The molecule has 9 heteroatoms. The van der Waals surface area contributed by atoms with Crippen LogP contribution >= 0.6 is 23.5 Å². The van der Waals surface area contributed by atoms with Gasteiger partial charge in [-0.1, -0.05) is 12.1 Å². The summed E-state index contributed by atoms with van der Waals surface area (Å²) in [7, 11) is 0. The Kier molecular flexibility index (Phi) is 6.61. The van der Waals surface area contributed by atoms with Crippen molar-refractivity contribution in [3.8, 4) is 0 Å². The van der Waals surface area contributed by atoms with Gasteiger partial charge in [-0.3, -0.25) is 10.1 Å². The summed E-state index contributed by atoms with van der Waals surface area (Å²) < 4.78 is 3.86. The lowest BCUT2D eigenvalue weighted by Crippen LogP contribution is -2.02. The van der Waals surface area contributed by atoms with Crippen LogP contribution in [0.2, 0.25) is 0 Å². The first-order valence-corrected chi connectivity index (χ1v) is 4.53. The Morgan fingerprint density at radius 3 is 2.24 bits per heavy atom. The van der Waals surface area contributed by atoms with E-state index in [-0.39, 0.29) is 11.3 Å². The lowest BCUT2D eigenvalue weighted by atomic mass is 10.2. The predicted molar refractivity (Wildman–Crippen MR) is 58.2 cm³/mol. The summed E-state index contributed by atoms with van der Waals surface area (Å²) in [6, 6.07) is 5.39. The van der Waals surface area contributed by atoms with E-state index < -0.39 is 16.3 Å². The van der Waals surface area contributed by atoms with Gasteiger partial charge in [0, 0.05) is 17.7 Å². The molecule has 0 saturated carbocycles. The molecule has 0 aliphatic heterocycles. The zero-order chi connectivity index (χ0) is 13.4. The molecule has 0 unspecified atom stereocenters. The van der Waals surface area contributed by atoms with Crippen molar-refractivity contribution in [2.45, 2.75) is 0 Å². The number of nitro groups is 1. The number of nitrogens with zero attached hydrogens (tertiary/aromatic N) is 1. The number of rotatable bonds is 2. The normalized spacial score (nSPS) is 8.59. The number of carbonyl (C=O) groups excluding carboxylic acids is 1. The van der Waals surface area contributed by atoms with Crippen LogP contribution in [0.3, 0.4) is 0 Å². The summed E-state index contributed by atoms with van der Waals surface area (Å²) >= 11 is 8.98. The maximum Gasteiger partial charge on any atom is 0.401 e. The van der Waals surface area contributed by atoms with E-state index in [9.17, 15) is 14.9 Å².